The zero-order valence-electron chi connectivity index (χ0n) is 20.5. The van der Waals surface area contributed by atoms with Crippen LogP contribution in [0.5, 0.6) is 0 Å². The van der Waals surface area contributed by atoms with Crippen molar-refractivity contribution in [3.8, 4) is 11.1 Å². The van der Waals surface area contributed by atoms with Crippen LogP contribution in [0.1, 0.15) is 57.1 Å². The Hall–Kier alpha value is -3.55. The van der Waals surface area contributed by atoms with Gasteiger partial charge in [0, 0.05) is 19.0 Å². The first-order valence-corrected chi connectivity index (χ1v) is 11.9. The molecule has 0 aliphatic heterocycles. The Labute approximate surface area is 206 Å². The number of carboxylic acids is 1. The van der Waals surface area contributed by atoms with Crippen LogP contribution in [0.2, 0.25) is 0 Å². The van der Waals surface area contributed by atoms with E-state index in [-0.39, 0.29) is 19.1 Å². The van der Waals surface area contributed by atoms with Crippen LogP contribution in [0.4, 0.5) is 9.59 Å². The number of nitrogens with one attached hydrogen (secondary N) is 2. The molecule has 0 saturated heterocycles. The molecule has 1 aliphatic carbocycles. The smallest absolute Gasteiger partial charge is 0.407 e. The minimum absolute atomic E-state index is 0.0223. The second kappa shape index (κ2) is 11.7. The third-order valence-electron chi connectivity index (χ3n) is 5.83. The molecule has 0 aromatic heterocycles. The highest BCUT2D eigenvalue weighted by Gasteiger charge is 2.29. The summed E-state index contributed by atoms with van der Waals surface area (Å²) in [5, 5.41) is 14.7. The van der Waals surface area contributed by atoms with Crippen LogP contribution in [0.15, 0.2) is 48.5 Å². The second-order valence-corrected chi connectivity index (χ2v) is 9.67. The second-order valence-electron chi connectivity index (χ2n) is 9.67. The number of amides is 2. The van der Waals surface area contributed by atoms with Gasteiger partial charge >= 0.3 is 18.2 Å². The fraction of sp³-hybridized carbons (Fsp3) is 0.444. The van der Waals surface area contributed by atoms with Gasteiger partial charge in [-0.2, -0.15) is 0 Å². The maximum absolute atomic E-state index is 12.3. The first kappa shape index (κ1) is 26.1. The summed E-state index contributed by atoms with van der Waals surface area (Å²) < 4.78 is 10.6. The van der Waals surface area contributed by atoms with Crippen LogP contribution in [0.3, 0.4) is 0 Å². The van der Waals surface area contributed by atoms with Gasteiger partial charge in [-0.3, -0.25) is 4.79 Å². The van der Waals surface area contributed by atoms with Gasteiger partial charge < -0.3 is 25.2 Å². The first-order chi connectivity index (χ1) is 16.7. The third-order valence-corrected chi connectivity index (χ3v) is 5.83. The summed E-state index contributed by atoms with van der Waals surface area (Å²) in [5.74, 6) is -1.78. The van der Waals surface area contributed by atoms with E-state index in [4.69, 9.17) is 9.47 Å². The Morgan fingerprint density at radius 3 is 2.09 bits per heavy atom. The Balaban J connectivity index is 1.41. The summed E-state index contributed by atoms with van der Waals surface area (Å²) in [6.07, 6.45) is 0.427. The summed E-state index contributed by atoms with van der Waals surface area (Å²) in [6, 6.07) is 16.1. The van der Waals surface area contributed by atoms with E-state index in [1.807, 2.05) is 36.4 Å². The lowest BCUT2D eigenvalue weighted by Gasteiger charge is -2.19. The number of carboxylic acid groups (broad SMARTS) is 1. The van der Waals surface area contributed by atoms with E-state index < -0.39 is 29.7 Å². The van der Waals surface area contributed by atoms with E-state index in [9.17, 15) is 19.5 Å². The van der Waals surface area contributed by atoms with Crippen molar-refractivity contribution in [3.63, 3.8) is 0 Å². The molecule has 0 heterocycles. The molecule has 2 aromatic rings. The predicted molar refractivity (Wildman–Crippen MR) is 132 cm³/mol. The van der Waals surface area contributed by atoms with Crippen molar-refractivity contribution in [2.75, 3.05) is 19.7 Å². The van der Waals surface area contributed by atoms with Gasteiger partial charge in [-0.1, -0.05) is 55.0 Å². The van der Waals surface area contributed by atoms with Crippen molar-refractivity contribution in [1.29, 1.82) is 0 Å². The Kier molecular flexibility index (Phi) is 8.73. The highest BCUT2D eigenvalue weighted by Crippen LogP contribution is 2.44. The van der Waals surface area contributed by atoms with Crippen LogP contribution >= 0.6 is 0 Å². The van der Waals surface area contributed by atoms with Crippen molar-refractivity contribution < 1.29 is 29.0 Å². The molecule has 1 aliphatic rings. The van der Waals surface area contributed by atoms with E-state index >= 15 is 0 Å². The molecular formula is C27H34N2O6. The van der Waals surface area contributed by atoms with Gasteiger partial charge in [-0.15, -0.1) is 0 Å². The summed E-state index contributed by atoms with van der Waals surface area (Å²) in [5.41, 5.74) is 3.95. The lowest BCUT2D eigenvalue weighted by molar-refractivity contribution is -0.141. The Morgan fingerprint density at radius 2 is 1.51 bits per heavy atom. The van der Waals surface area contributed by atoms with Crippen molar-refractivity contribution >= 4 is 18.2 Å². The number of ether oxygens (including phenoxy) is 2. The number of hydrogen-bond acceptors (Lipinski definition) is 5. The number of benzene rings is 2. The number of fused-ring (bicyclic) bond motifs is 3. The van der Waals surface area contributed by atoms with Crippen LogP contribution in [0, 0.1) is 5.92 Å². The number of carbonyl (C=O) groups is 3. The minimum atomic E-state index is -0.982. The molecule has 0 spiro atoms. The summed E-state index contributed by atoms with van der Waals surface area (Å²) >= 11 is 0. The van der Waals surface area contributed by atoms with E-state index in [1.165, 1.54) is 0 Å². The summed E-state index contributed by atoms with van der Waals surface area (Å²) in [7, 11) is 0. The highest BCUT2D eigenvalue weighted by atomic mass is 16.6. The fourth-order valence-corrected chi connectivity index (χ4v) is 4.19. The van der Waals surface area contributed by atoms with Gasteiger partial charge in [0.2, 0.25) is 0 Å². The molecular weight excluding hydrogens is 448 g/mol. The average molecular weight is 483 g/mol. The van der Waals surface area contributed by atoms with Crippen LogP contribution in [-0.4, -0.2) is 48.6 Å². The van der Waals surface area contributed by atoms with Crippen LogP contribution < -0.4 is 10.6 Å². The number of aliphatic carboxylic acids is 1. The molecule has 35 heavy (non-hydrogen) atoms. The molecule has 3 N–H and O–H groups in total. The van der Waals surface area contributed by atoms with Gasteiger partial charge in [0.15, 0.2) is 0 Å². The van der Waals surface area contributed by atoms with E-state index in [2.05, 4.69) is 22.8 Å². The van der Waals surface area contributed by atoms with Gasteiger partial charge in [0.05, 0.1) is 5.92 Å². The summed E-state index contributed by atoms with van der Waals surface area (Å²) in [4.78, 5) is 35.6. The molecule has 0 unspecified atom stereocenters. The molecule has 1 atom stereocenters. The number of unbranched alkanes of at least 4 members (excludes halogenated alkanes) is 1. The monoisotopic (exact) mass is 482 g/mol. The maximum atomic E-state index is 12.3. The molecule has 2 aromatic carbocycles. The van der Waals surface area contributed by atoms with E-state index in [1.54, 1.807) is 20.8 Å². The number of hydrogen-bond donors (Lipinski definition) is 3. The van der Waals surface area contributed by atoms with Gasteiger partial charge in [-0.05, 0) is 55.9 Å². The van der Waals surface area contributed by atoms with Crippen molar-refractivity contribution in [3.05, 3.63) is 59.7 Å². The highest BCUT2D eigenvalue weighted by molar-refractivity contribution is 5.79. The molecule has 8 nitrogen and oxygen atoms in total. The molecule has 0 bridgehead atoms. The Bertz CT molecular complexity index is 1000. The molecule has 0 fully saturated rings. The van der Waals surface area contributed by atoms with Crippen molar-refractivity contribution in [1.82, 2.24) is 10.6 Å². The lowest BCUT2D eigenvalue weighted by Crippen LogP contribution is -2.34. The van der Waals surface area contributed by atoms with Crippen LogP contribution in [0.25, 0.3) is 11.1 Å². The zero-order chi connectivity index (χ0) is 25.4. The minimum Gasteiger partial charge on any atom is -0.481 e. The van der Waals surface area contributed by atoms with Gasteiger partial charge in [-0.25, -0.2) is 9.59 Å². The molecule has 0 radical (unpaired) electrons. The van der Waals surface area contributed by atoms with E-state index in [0.29, 0.717) is 25.8 Å². The van der Waals surface area contributed by atoms with Crippen LogP contribution in [-0.2, 0) is 14.3 Å². The first-order valence-electron chi connectivity index (χ1n) is 11.9. The van der Waals surface area contributed by atoms with Gasteiger partial charge in [0.25, 0.3) is 0 Å². The molecule has 0 saturated carbocycles. The zero-order valence-corrected chi connectivity index (χ0v) is 20.5. The molecule has 3 rings (SSSR count). The van der Waals surface area contributed by atoms with Crippen molar-refractivity contribution in [2.24, 2.45) is 5.92 Å². The quantitative estimate of drug-likeness (QED) is 0.414. The predicted octanol–water partition coefficient (Wildman–Crippen LogP) is 4.92. The number of alkyl carbamates (subject to hydrolysis) is 2. The number of carbonyl (C=O) groups excluding carboxylic acids is 2. The lowest BCUT2D eigenvalue weighted by atomic mass is 9.98. The molecule has 2 amide bonds. The van der Waals surface area contributed by atoms with Gasteiger partial charge in [0.1, 0.15) is 12.2 Å². The standard InChI is InChI=1S/C27H34N2O6/c1-27(2,3)35-26(33)28-15-9-8-10-18(24(30)31)16-29-25(32)34-17-23-21-13-6-4-11-19(21)20-12-5-7-14-22(20)23/h4-7,11-14,18,23H,8-10,15-17H2,1-3H3,(H,28,33)(H,29,32)(H,30,31)/t18-/m0/s1. The van der Waals surface area contributed by atoms with Crippen molar-refractivity contribution in [2.45, 2.75) is 51.6 Å². The summed E-state index contributed by atoms with van der Waals surface area (Å²) in [6.45, 7) is 5.90. The molecule has 8 heteroatoms. The SMILES string of the molecule is CC(C)(C)OC(=O)NCCCC[C@@H](CNC(=O)OCC1c2ccccc2-c2ccccc21)C(=O)O. The topological polar surface area (TPSA) is 114 Å². The largest absolute Gasteiger partial charge is 0.481 e. The maximum Gasteiger partial charge on any atom is 0.407 e. The fourth-order valence-electron chi connectivity index (χ4n) is 4.19. The Morgan fingerprint density at radius 1 is 0.914 bits per heavy atom. The average Bonchev–Trinajstić information content (AvgIpc) is 3.11. The number of rotatable bonds is 10. The molecule has 188 valence electrons. The van der Waals surface area contributed by atoms with E-state index in [0.717, 1.165) is 22.3 Å². The normalized spacial score (nSPS) is 13.3. The third kappa shape index (κ3) is 7.47.